The molecule has 6 heteroatoms. The third-order valence-corrected chi connectivity index (χ3v) is 1.59. The van der Waals surface area contributed by atoms with E-state index in [1.807, 2.05) is 0 Å². The Bertz CT molecular complexity index is 319. The van der Waals surface area contributed by atoms with Gasteiger partial charge in [-0.15, -0.1) is 0 Å². The van der Waals surface area contributed by atoms with E-state index < -0.39 is 4.92 Å². The molecular formula is C7H11N3O3. The minimum absolute atomic E-state index is 0.0581. The van der Waals surface area contributed by atoms with Crippen LogP contribution in [-0.2, 0) is 6.42 Å². The average molecular weight is 185 g/mol. The molecule has 1 aromatic heterocycles. The van der Waals surface area contributed by atoms with E-state index in [9.17, 15) is 10.1 Å². The van der Waals surface area contributed by atoms with Gasteiger partial charge in [0.25, 0.3) is 0 Å². The number of nitro groups is 1. The van der Waals surface area contributed by atoms with Crippen LogP contribution >= 0.6 is 0 Å². The third kappa shape index (κ3) is 2.03. The van der Waals surface area contributed by atoms with Crippen LogP contribution in [0, 0.1) is 17.0 Å². The van der Waals surface area contributed by atoms with Crippen molar-refractivity contribution >= 4 is 5.69 Å². The van der Waals surface area contributed by atoms with Crippen molar-refractivity contribution in [1.29, 1.82) is 0 Å². The fourth-order valence-corrected chi connectivity index (χ4v) is 1.07. The van der Waals surface area contributed by atoms with Crippen LogP contribution in [-0.4, -0.2) is 16.1 Å². The molecule has 72 valence electrons. The summed E-state index contributed by atoms with van der Waals surface area (Å²) in [7, 11) is 0. The van der Waals surface area contributed by atoms with Crippen LogP contribution in [0.5, 0.6) is 0 Å². The first-order valence-electron chi connectivity index (χ1n) is 3.87. The monoisotopic (exact) mass is 185 g/mol. The summed E-state index contributed by atoms with van der Waals surface area (Å²) >= 11 is 0. The summed E-state index contributed by atoms with van der Waals surface area (Å²) in [5.41, 5.74) is 5.73. The van der Waals surface area contributed by atoms with Gasteiger partial charge in [-0.25, -0.2) is 0 Å². The first kappa shape index (κ1) is 9.66. The van der Waals surface area contributed by atoms with Crippen molar-refractivity contribution in [3.63, 3.8) is 0 Å². The summed E-state index contributed by atoms with van der Waals surface area (Å²) in [4.78, 5) is 10.1. The van der Waals surface area contributed by atoms with Crippen LogP contribution in [0.15, 0.2) is 4.52 Å². The standard InChI is InChI=1S/C7H11N3O3/c1-4(8)3-6-7(10(11)12)5(2)9-13-6/h4H,3,8H2,1-2H3. The van der Waals surface area contributed by atoms with E-state index in [4.69, 9.17) is 10.3 Å². The lowest BCUT2D eigenvalue weighted by atomic mass is 10.2. The Hall–Kier alpha value is -1.43. The van der Waals surface area contributed by atoms with Gasteiger partial charge in [0.2, 0.25) is 5.76 Å². The molecule has 0 saturated carbocycles. The van der Waals surface area contributed by atoms with Crippen molar-refractivity contribution in [2.75, 3.05) is 0 Å². The van der Waals surface area contributed by atoms with Crippen molar-refractivity contribution < 1.29 is 9.45 Å². The second-order valence-electron chi connectivity index (χ2n) is 2.98. The maximum Gasteiger partial charge on any atom is 0.334 e. The van der Waals surface area contributed by atoms with Crippen LogP contribution in [0.4, 0.5) is 5.69 Å². The molecule has 1 aromatic rings. The lowest BCUT2D eigenvalue weighted by Gasteiger charge is -1.98. The molecule has 0 amide bonds. The zero-order chi connectivity index (χ0) is 10.0. The van der Waals surface area contributed by atoms with E-state index in [1.54, 1.807) is 6.92 Å². The Balaban J connectivity index is 3.00. The van der Waals surface area contributed by atoms with Gasteiger partial charge in [0, 0.05) is 12.5 Å². The SMILES string of the molecule is Cc1noc(CC(C)N)c1[N+](=O)[O-]. The normalized spacial score (nSPS) is 12.8. The Morgan fingerprint density at radius 2 is 2.38 bits per heavy atom. The Labute approximate surface area is 74.8 Å². The summed E-state index contributed by atoms with van der Waals surface area (Å²) < 4.78 is 4.80. The second-order valence-corrected chi connectivity index (χ2v) is 2.98. The molecule has 0 aromatic carbocycles. The molecular weight excluding hydrogens is 174 g/mol. The second kappa shape index (κ2) is 3.53. The van der Waals surface area contributed by atoms with Gasteiger partial charge in [-0.1, -0.05) is 5.16 Å². The molecule has 1 unspecified atom stereocenters. The highest BCUT2D eigenvalue weighted by atomic mass is 16.6. The predicted molar refractivity (Wildman–Crippen MR) is 45.2 cm³/mol. The molecule has 0 aliphatic heterocycles. The molecule has 0 aliphatic carbocycles. The number of rotatable bonds is 3. The number of hydrogen-bond donors (Lipinski definition) is 1. The molecule has 0 radical (unpaired) electrons. The van der Waals surface area contributed by atoms with Crippen LogP contribution in [0.3, 0.4) is 0 Å². The molecule has 0 fully saturated rings. The molecule has 0 spiro atoms. The van der Waals surface area contributed by atoms with E-state index in [-0.39, 0.29) is 17.5 Å². The van der Waals surface area contributed by atoms with Gasteiger partial charge in [-0.2, -0.15) is 0 Å². The third-order valence-electron chi connectivity index (χ3n) is 1.59. The van der Waals surface area contributed by atoms with Crippen molar-refractivity contribution in [3.8, 4) is 0 Å². The number of nitrogens with two attached hydrogens (primary N) is 1. The Kier molecular flexibility index (Phi) is 2.62. The lowest BCUT2D eigenvalue weighted by Crippen LogP contribution is -2.18. The van der Waals surface area contributed by atoms with Crippen LogP contribution in [0.2, 0.25) is 0 Å². The molecule has 2 N–H and O–H groups in total. The Morgan fingerprint density at radius 1 is 1.77 bits per heavy atom. The summed E-state index contributed by atoms with van der Waals surface area (Å²) in [6.07, 6.45) is 0.331. The van der Waals surface area contributed by atoms with Gasteiger partial charge >= 0.3 is 5.69 Å². The van der Waals surface area contributed by atoms with Crippen LogP contribution in [0.25, 0.3) is 0 Å². The zero-order valence-electron chi connectivity index (χ0n) is 7.48. The lowest BCUT2D eigenvalue weighted by molar-refractivity contribution is -0.386. The first-order chi connectivity index (χ1) is 6.02. The minimum Gasteiger partial charge on any atom is -0.354 e. The quantitative estimate of drug-likeness (QED) is 0.554. The van der Waals surface area contributed by atoms with Gasteiger partial charge in [-0.05, 0) is 13.8 Å². The van der Waals surface area contributed by atoms with E-state index in [0.717, 1.165) is 0 Å². The summed E-state index contributed by atoms with van der Waals surface area (Å²) in [5, 5.41) is 14.1. The smallest absolute Gasteiger partial charge is 0.334 e. The number of aryl methyl sites for hydroxylation is 1. The van der Waals surface area contributed by atoms with Crippen LogP contribution in [0.1, 0.15) is 18.4 Å². The summed E-state index contributed by atoms with van der Waals surface area (Å²) in [6.45, 7) is 3.29. The van der Waals surface area contributed by atoms with Gasteiger partial charge in [0.05, 0.1) is 4.92 Å². The fraction of sp³-hybridized carbons (Fsp3) is 0.571. The molecule has 1 heterocycles. The maximum absolute atomic E-state index is 10.5. The molecule has 0 saturated heterocycles. The van der Waals surface area contributed by atoms with Gasteiger partial charge in [0.1, 0.15) is 0 Å². The minimum atomic E-state index is -0.496. The maximum atomic E-state index is 10.5. The van der Waals surface area contributed by atoms with E-state index >= 15 is 0 Å². The summed E-state index contributed by atoms with van der Waals surface area (Å²) in [6, 6.07) is -0.175. The zero-order valence-corrected chi connectivity index (χ0v) is 7.48. The van der Waals surface area contributed by atoms with E-state index in [2.05, 4.69) is 5.16 Å². The van der Waals surface area contributed by atoms with Crippen molar-refractivity contribution in [1.82, 2.24) is 5.16 Å². The highest BCUT2D eigenvalue weighted by Crippen LogP contribution is 2.23. The van der Waals surface area contributed by atoms with Crippen LogP contribution < -0.4 is 5.73 Å². The predicted octanol–water partition coefficient (Wildman–Crippen LogP) is 0.781. The molecule has 0 aliphatic rings. The highest BCUT2D eigenvalue weighted by molar-refractivity contribution is 5.37. The molecule has 0 bridgehead atoms. The number of aromatic nitrogens is 1. The molecule has 6 nitrogen and oxygen atoms in total. The number of hydrogen-bond acceptors (Lipinski definition) is 5. The van der Waals surface area contributed by atoms with Gasteiger partial charge < -0.3 is 10.3 Å². The summed E-state index contributed by atoms with van der Waals surface area (Å²) in [5.74, 6) is 0.248. The largest absolute Gasteiger partial charge is 0.354 e. The van der Waals surface area contributed by atoms with Crippen molar-refractivity contribution in [3.05, 3.63) is 21.6 Å². The average Bonchev–Trinajstić information content (AvgIpc) is 2.30. The van der Waals surface area contributed by atoms with Crippen molar-refractivity contribution in [2.45, 2.75) is 26.3 Å². The van der Waals surface area contributed by atoms with Crippen molar-refractivity contribution in [2.24, 2.45) is 5.73 Å². The van der Waals surface area contributed by atoms with Gasteiger partial charge in [0.15, 0.2) is 5.69 Å². The molecule has 13 heavy (non-hydrogen) atoms. The van der Waals surface area contributed by atoms with E-state index in [1.165, 1.54) is 6.92 Å². The molecule has 1 atom stereocenters. The van der Waals surface area contributed by atoms with E-state index in [0.29, 0.717) is 12.1 Å². The number of nitrogens with zero attached hydrogens (tertiary/aromatic N) is 2. The first-order valence-corrected chi connectivity index (χ1v) is 3.87. The highest BCUT2D eigenvalue weighted by Gasteiger charge is 2.24. The molecule has 1 rings (SSSR count). The fourth-order valence-electron chi connectivity index (χ4n) is 1.07. The Morgan fingerprint density at radius 3 is 2.85 bits per heavy atom. The van der Waals surface area contributed by atoms with Gasteiger partial charge in [-0.3, -0.25) is 10.1 Å². The topological polar surface area (TPSA) is 95.2 Å².